The van der Waals surface area contributed by atoms with Crippen molar-refractivity contribution in [3.8, 4) is 5.75 Å². The van der Waals surface area contributed by atoms with Crippen LogP contribution >= 0.6 is 0 Å². The van der Waals surface area contributed by atoms with E-state index in [1.807, 2.05) is 20.8 Å². The topological polar surface area (TPSA) is 75.6 Å². The Kier molecular flexibility index (Phi) is 5.42. The van der Waals surface area contributed by atoms with E-state index in [0.717, 1.165) is 16.9 Å². The fourth-order valence-electron chi connectivity index (χ4n) is 2.86. The van der Waals surface area contributed by atoms with Crippen LogP contribution in [0.4, 0.5) is 5.69 Å². The molecule has 1 aliphatic carbocycles. The van der Waals surface area contributed by atoms with Crippen LogP contribution in [0.25, 0.3) is 0 Å². The lowest BCUT2D eigenvalue weighted by atomic mass is 9.76. The number of nitrogens with one attached hydrogen (secondary N) is 1. The van der Waals surface area contributed by atoms with Crippen LogP contribution in [0.3, 0.4) is 0 Å². The van der Waals surface area contributed by atoms with Crippen LogP contribution in [-0.4, -0.2) is 23.6 Å². The number of amides is 1. The molecule has 23 heavy (non-hydrogen) atoms. The average Bonchev–Trinajstić information content (AvgIpc) is 2.51. The summed E-state index contributed by atoms with van der Waals surface area (Å²) in [6, 6.07) is 7.08. The van der Waals surface area contributed by atoms with Crippen molar-refractivity contribution in [2.24, 2.45) is 11.8 Å². The second kappa shape index (κ2) is 7.31. The molecule has 0 bridgehead atoms. The summed E-state index contributed by atoms with van der Waals surface area (Å²) in [4.78, 5) is 24.0. The number of allylic oxidation sites excluding steroid dienone is 2. The molecule has 0 fully saturated rings. The molecule has 0 spiro atoms. The Bertz CT molecular complexity index is 618. The SMILES string of the molecule is CCOc1ccc(NC(=O)[C@@H]2CC(C)=C(C)C[C@H]2C(=O)O)cc1. The van der Waals surface area contributed by atoms with Gasteiger partial charge in [-0.2, -0.15) is 0 Å². The van der Waals surface area contributed by atoms with E-state index < -0.39 is 17.8 Å². The molecule has 0 aromatic heterocycles. The van der Waals surface area contributed by atoms with Crippen molar-refractivity contribution in [3.63, 3.8) is 0 Å². The Morgan fingerprint density at radius 3 is 2.22 bits per heavy atom. The zero-order chi connectivity index (χ0) is 17.0. The minimum atomic E-state index is -0.913. The van der Waals surface area contributed by atoms with Gasteiger partial charge in [-0.3, -0.25) is 9.59 Å². The van der Waals surface area contributed by atoms with E-state index in [1.165, 1.54) is 0 Å². The first-order valence-corrected chi connectivity index (χ1v) is 7.84. The van der Waals surface area contributed by atoms with Gasteiger partial charge < -0.3 is 15.2 Å². The van der Waals surface area contributed by atoms with E-state index >= 15 is 0 Å². The van der Waals surface area contributed by atoms with Crippen LogP contribution in [0.15, 0.2) is 35.4 Å². The van der Waals surface area contributed by atoms with Gasteiger partial charge in [-0.15, -0.1) is 0 Å². The van der Waals surface area contributed by atoms with Gasteiger partial charge in [0.15, 0.2) is 0 Å². The van der Waals surface area contributed by atoms with Gasteiger partial charge in [0.1, 0.15) is 5.75 Å². The van der Waals surface area contributed by atoms with E-state index in [1.54, 1.807) is 24.3 Å². The summed E-state index contributed by atoms with van der Waals surface area (Å²) in [6.07, 6.45) is 0.925. The Hall–Kier alpha value is -2.30. The van der Waals surface area contributed by atoms with Crippen LogP contribution in [0.2, 0.25) is 0 Å². The van der Waals surface area contributed by atoms with Crippen LogP contribution in [0.5, 0.6) is 5.75 Å². The lowest BCUT2D eigenvalue weighted by Crippen LogP contribution is -2.36. The van der Waals surface area contributed by atoms with E-state index in [4.69, 9.17) is 4.74 Å². The fraction of sp³-hybridized carbons (Fsp3) is 0.444. The fourth-order valence-corrected chi connectivity index (χ4v) is 2.86. The van der Waals surface area contributed by atoms with Gasteiger partial charge in [0.25, 0.3) is 0 Å². The molecule has 0 aliphatic heterocycles. The Morgan fingerprint density at radius 1 is 1.13 bits per heavy atom. The van der Waals surface area contributed by atoms with Crippen molar-refractivity contribution in [3.05, 3.63) is 35.4 Å². The molecule has 1 aromatic rings. The third-order valence-electron chi connectivity index (χ3n) is 4.35. The molecular weight excluding hydrogens is 294 g/mol. The number of carboxylic acids is 1. The number of hydrogen-bond acceptors (Lipinski definition) is 3. The Balaban J connectivity index is 2.10. The quantitative estimate of drug-likeness (QED) is 0.815. The number of anilines is 1. The summed E-state index contributed by atoms with van der Waals surface area (Å²) < 4.78 is 5.36. The van der Waals surface area contributed by atoms with Gasteiger partial charge >= 0.3 is 5.97 Å². The van der Waals surface area contributed by atoms with Gasteiger partial charge in [-0.25, -0.2) is 0 Å². The normalized spacial score (nSPS) is 21.0. The van der Waals surface area contributed by atoms with Crippen molar-refractivity contribution in [2.45, 2.75) is 33.6 Å². The first-order chi connectivity index (χ1) is 10.9. The number of aliphatic carboxylic acids is 1. The Morgan fingerprint density at radius 2 is 1.70 bits per heavy atom. The molecule has 1 aromatic carbocycles. The zero-order valence-electron chi connectivity index (χ0n) is 13.8. The first kappa shape index (κ1) is 17.1. The monoisotopic (exact) mass is 317 g/mol. The number of rotatable bonds is 5. The highest BCUT2D eigenvalue weighted by Crippen LogP contribution is 2.35. The number of benzene rings is 1. The van der Waals surface area contributed by atoms with E-state index in [0.29, 0.717) is 25.1 Å². The third kappa shape index (κ3) is 4.12. The largest absolute Gasteiger partial charge is 0.494 e. The van der Waals surface area contributed by atoms with Crippen molar-refractivity contribution in [1.29, 1.82) is 0 Å². The molecule has 0 saturated carbocycles. The highest BCUT2D eigenvalue weighted by molar-refractivity contribution is 5.95. The number of ether oxygens (including phenoxy) is 1. The molecular formula is C18H23NO4. The molecule has 1 aliphatic rings. The molecule has 2 atom stereocenters. The van der Waals surface area contributed by atoms with Crippen LogP contribution < -0.4 is 10.1 Å². The maximum Gasteiger partial charge on any atom is 0.307 e. The molecule has 1 amide bonds. The van der Waals surface area contributed by atoms with Gasteiger partial charge in [0, 0.05) is 5.69 Å². The van der Waals surface area contributed by atoms with Crippen molar-refractivity contribution in [1.82, 2.24) is 0 Å². The van der Waals surface area contributed by atoms with E-state index in [2.05, 4.69) is 5.32 Å². The van der Waals surface area contributed by atoms with Gasteiger partial charge in [-0.05, 0) is 57.9 Å². The molecule has 2 N–H and O–H groups in total. The molecule has 5 nitrogen and oxygen atoms in total. The molecule has 124 valence electrons. The maximum atomic E-state index is 12.5. The number of carbonyl (C=O) groups is 2. The minimum Gasteiger partial charge on any atom is -0.494 e. The van der Waals surface area contributed by atoms with Gasteiger partial charge in [0.05, 0.1) is 18.4 Å². The second-order valence-electron chi connectivity index (χ2n) is 5.97. The lowest BCUT2D eigenvalue weighted by Gasteiger charge is -2.29. The highest BCUT2D eigenvalue weighted by Gasteiger charge is 2.37. The van der Waals surface area contributed by atoms with Crippen LogP contribution in [0, 0.1) is 11.8 Å². The standard InChI is InChI=1S/C18H23NO4/c1-4-23-14-7-5-13(6-8-14)19-17(20)15-9-11(2)12(3)10-16(15)18(21)22/h5-8,15-16H,4,9-10H2,1-3H3,(H,19,20)(H,21,22)/t15-,16-/m1/s1. The van der Waals surface area contributed by atoms with E-state index in [-0.39, 0.29) is 5.91 Å². The third-order valence-corrected chi connectivity index (χ3v) is 4.35. The summed E-state index contributed by atoms with van der Waals surface area (Å²) >= 11 is 0. The molecule has 0 heterocycles. The number of carboxylic acid groups (broad SMARTS) is 1. The maximum absolute atomic E-state index is 12.5. The summed E-state index contributed by atoms with van der Waals surface area (Å²) in [5.74, 6) is -1.62. The molecule has 0 unspecified atom stereocenters. The molecule has 0 saturated heterocycles. The number of hydrogen-bond donors (Lipinski definition) is 2. The predicted molar refractivity (Wildman–Crippen MR) is 88.5 cm³/mol. The summed E-state index contributed by atoms with van der Waals surface area (Å²) in [6.45, 7) is 6.39. The van der Waals surface area contributed by atoms with Crippen molar-refractivity contribution >= 4 is 17.6 Å². The van der Waals surface area contributed by atoms with Crippen molar-refractivity contribution in [2.75, 3.05) is 11.9 Å². The van der Waals surface area contributed by atoms with Crippen LogP contribution in [0.1, 0.15) is 33.6 Å². The minimum absolute atomic E-state index is 0.242. The highest BCUT2D eigenvalue weighted by atomic mass is 16.5. The number of carbonyl (C=O) groups excluding carboxylic acids is 1. The molecule has 2 rings (SSSR count). The first-order valence-electron chi connectivity index (χ1n) is 7.84. The summed E-state index contributed by atoms with van der Waals surface area (Å²) in [5, 5.41) is 12.2. The van der Waals surface area contributed by atoms with Gasteiger partial charge in [-0.1, -0.05) is 11.1 Å². The summed E-state index contributed by atoms with van der Waals surface area (Å²) in [7, 11) is 0. The zero-order valence-corrected chi connectivity index (χ0v) is 13.8. The molecule has 0 radical (unpaired) electrons. The van der Waals surface area contributed by atoms with Crippen LogP contribution in [-0.2, 0) is 9.59 Å². The predicted octanol–water partition coefficient (Wildman–Crippen LogP) is 3.47. The van der Waals surface area contributed by atoms with Gasteiger partial charge in [0.2, 0.25) is 5.91 Å². The average molecular weight is 317 g/mol. The smallest absolute Gasteiger partial charge is 0.307 e. The Labute approximate surface area is 136 Å². The van der Waals surface area contributed by atoms with E-state index in [9.17, 15) is 14.7 Å². The lowest BCUT2D eigenvalue weighted by molar-refractivity contribution is -0.146. The molecule has 5 heteroatoms. The van der Waals surface area contributed by atoms with Crippen molar-refractivity contribution < 1.29 is 19.4 Å². The second-order valence-corrected chi connectivity index (χ2v) is 5.97. The summed E-state index contributed by atoms with van der Waals surface area (Å²) in [5.41, 5.74) is 2.82.